The summed E-state index contributed by atoms with van der Waals surface area (Å²) in [6, 6.07) is 0. The zero-order valence-electron chi connectivity index (χ0n) is 8.68. The summed E-state index contributed by atoms with van der Waals surface area (Å²) in [6.45, 7) is 3.96. The van der Waals surface area contributed by atoms with E-state index in [9.17, 15) is 4.79 Å². The minimum atomic E-state index is -0.610. The number of aliphatic carboxylic acids is 1. The molecule has 13 heavy (non-hydrogen) atoms. The van der Waals surface area contributed by atoms with Crippen molar-refractivity contribution in [3.05, 3.63) is 0 Å². The van der Waals surface area contributed by atoms with Gasteiger partial charge in [-0.25, -0.2) is 0 Å². The molecule has 0 aromatic carbocycles. The molecule has 1 N–H and O–H groups in total. The summed E-state index contributed by atoms with van der Waals surface area (Å²) in [4.78, 5) is 11.1. The Labute approximate surface area is 80.3 Å². The highest BCUT2D eigenvalue weighted by Gasteiger charge is 2.36. The van der Waals surface area contributed by atoms with Crippen LogP contribution < -0.4 is 0 Å². The Morgan fingerprint density at radius 3 is 2.46 bits per heavy atom. The van der Waals surface area contributed by atoms with Crippen LogP contribution in [0.15, 0.2) is 0 Å². The van der Waals surface area contributed by atoms with Crippen molar-refractivity contribution in [2.24, 2.45) is 11.3 Å². The number of carboxylic acid groups (broad SMARTS) is 1. The van der Waals surface area contributed by atoms with E-state index in [1.54, 1.807) is 0 Å². The van der Waals surface area contributed by atoms with E-state index in [2.05, 4.69) is 6.92 Å². The molecule has 0 heterocycles. The van der Waals surface area contributed by atoms with Gasteiger partial charge in [-0.1, -0.05) is 32.6 Å². The Morgan fingerprint density at radius 2 is 2.15 bits per heavy atom. The van der Waals surface area contributed by atoms with Gasteiger partial charge in [-0.05, 0) is 25.7 Å². The normalized spacial score (nSPS) is 22.0. The van der Waals surface area contributed by atoms with Crippen molar-refractivity contribution < 1.29 is 9.90 Å². The molecule has 0 aromatic heterocycles. The van der Waals surface area contributed by atoms with Crippen molar-refractivity contribution in [2.75, 3.05) is 0 Å². The molecular weight excluding hydrogens is 164 g/mol. The summed E-state index contributed by atoms with van der Waals surface area (Å²) in [5.74, 6) is 0.0777. The first-order valence-corrected chi connectivity index (χ1v) is 5.32. The van der Waals surface area contributed by atoms with Crippen molar-refractivity contribution >= 4 is 5.97 Å². The first-order chi connectivity index (χ1) is 6.08. The Kier molecular flexibility index (Phi) is 3.34. The summed E-state index contributed by atoms with van der Waals surface area (Å²) < 4.78 is 0. The van der Waals surface area contributed by atoms with Gasteiger partial charge in [0.1, 0.15) is 0 Å². The van der Waals surface area contributed by atoms with E-state index in [0.29, 0.717) is 5.92 Å². The Hall–Kier alpha value is -0.530. The molecule has 1 atom stereocenters. The molecule has 0 bridgehead atoms. The van der Waals surface area contributed by atoms with Gasteiger partial charge in [0, 0.05) is 0 Å². The third-order valence-corrected chi connectivity index (χ3v) is 3.28. The molecule has 1 fully saturated rings. The van der Waals surface area contributed by atoms with Gasteiger partial charge in [-0.3, -0.25) is 4.79 Å². The molecule has 0 aromatic rings. The number of hydrogen-bond donors (Lipinski definition) is 1. The number of hydrogen-bond acceptors (Lipinski definition) is 1. The van der Waals surface area contributed by atoms with E-state index in [-0.39, 0.29) is 0 Å². The third-order valence-electron chi connectivity index (χ3n) is 3.28. The highest BCUT2D eigenvalue weighted by molar-refractivity contribution is 5.74. The van der Waals surface area contributed by atoms with Crippen LogP contribution in [0.3, 0.4) is 0 Å². The van der Waals surface area contributed by atoms with E-state index >= 15 is 0 Å². The summed E-state index contributed by atoms with van der Waals surface area (Å²) in [7, 11) is 0. The molecule has 1 aliphatic carbocycles. The molecule has 0 saturated heterocycles. The maximum atomic E-state index is 11.1. The van der Waals surface area contributed by atoms with Gasteiger partial charge in [-0.15, -0.1) is 0 Å². The first-order valence-electron chi connectivity index (χ1n) is 5.32. The maximum Gasteiger partial charge on any atom is 0.309 e. The molecule has 0 spiro atoms. The van der Waals surface area contributed by atoms with Crippen molar-refractivity contribution in [1.82, 2.24) is 0 Å². The van der Waals surface area contributed by atoms with Crippen LogP contribution in [0.5, 0.6) is 0 Å². The lowest BCUT2D eigenvalue weighted by Crippen LogP contribution is -2.32. The molecule has 1 rings (SSSR count). The summed E-state index contributed by atoms with van der Waals surface area (Å²) >= 11 is 0. The van der Waals surface area contributed by atoms with Gasteiger partial charge < -0.3 is 5.11 Å². The molecule has 0 aliphatic heterocycles. The first kappa shape index (κ1) is 10.6. The van der Waals surface area contributed by atoms with E-state index in [1.165, 1.54) is 19.3 Å². The quantitative estimate of drug-likeness (QED) is 0.713. The molecule has 2 nitrogen and oxygen atoms in total. The second-order valence-electron chi connectivity index (χ2n) is 4.62. The average molecular weight is 184 g/mol. The molecule has 0 amide bonds. The minimum absolute atomic E-state index is 0.458. The van der Waals surface area contributed by atoms with Crippen LogP contribution in [-0.2, 0) is 4.79 Å². The molecular formula is C11H20O2. The molecule has 0 radical (unpaired) electrons. The largest absolute Gasteiger partial charge is 0.481 e. The van der Waals surface area contributed by atoms with Crippen molar-refractivity contribution in [1.29, 1.82) is 0 Å². The third kappa shape index (κ3) is 2.45. The van der Waals surface area contributed by atoms with Crippen LogP contribution in [0, 0.1) is 11.3 Å². The lowest BCUT2D eigenvalue weighted by molar-refractivity contribution is -0.150. The van der Waals surface area contributed by atoms with Crippen molar-refractivity contribution in [2.45, 2.75) is 52.4 Å². The Morgan fingerprint density at radius 1 is 1.54 bits per heavy atom. The van der Waals surface area contributed by atoms with Crippen LogP contribution in [0.2, 0.25) is 0 Å². The Balaban J connectivity index is 2.49. The number of carbonyl (C=O) groups is 1. The minimum Gasteiger partial charge on any atom is -0.481 e. The second kappa shape index (κ2) is 4.12. The fraction of sp³-hybridized carbons (Fsp3) is 0.909. The van der Waals surface area contributed by atoms with Gasteiger partial charge >= 0.3 is 5.97 Å². The molecule has 1 aliphatic rings. The molecule has 1 unspecified atom stereocenters. The van der Waals surface area contributed by atoms with E-state index in [4.69, 9.17) is 5.11 Å². The maximum absolute atomic E-state index is 11.1. The highest BCUT2D eigenvalue weighted by Crippen LogP contribution is 2.40. The van der Waals surface area contributed by atoms with E-state index in [1.807, 2.05) is 6.92 Å². The van der Waals surface area contributed by atoms with Crippen LogP contribution in [0.4, 0.5) is 0 Å². The topological polar surface area (TPSA) is 37.3 Å². The van der Waals surface area contributed by atoms with E-state index < -0.39 is 11.4 Å². The Bertz CT molecular complexity index is 185. The summed E-state index contributed by atoms with van der Waals surface area (Å²) in [5.41, 5.74) is -0.458. The van der Waals surface area contributed by atoms with Crippen molar-refractivity contribution in [3.8, 4) is 0 Å². The molecule has 2 heteroatoms. The van der Waals surface area contributed by atoms with Crippen LogP contribution in [0.25, 0.3) is 0 Å². The molecule has 76 valence electrons. The molecule has 1 saturated carbocycles. The van der Waals surface area contributed by atoms with Gasteiger partial charge in [0.15, 0.2) is 0 Å². The van der Waals surface area contributed by atoms with Crippen LogP contribution in [0.1, 0.15) is 52.4 Å². The standard InChI is InChI=1S/C11H20O2/c1-3-7-11(2,10(12)13)8-9-5-4-6-9/h9H,3-8H2,1-2H3,(H,12,13). The zero-order valence-corrected chi connectivity index (χ0v) is 8.68. The van der Waals surface area contributed by atoms with E-state index in [0.717, 1.165) is 19.3 Å². The van der Waals surface area contributed by atoms with Crippen LogP contribution >= 0.6 is 0 Å². The lowest BCUT2D eigenvalue weighted by atomic mass is 9.71. The SMILES string of the molecule is CCCC(C)(CC1CCC1)C(=O)O. The second-order valence-corrected chi connectivity index (χ2v) is 4.62. The smallest absolute Gasteiger partial charge is 0.309 e. The average Bonchev–Trinajstić information content (AvgIpc) is 1.97. The van der Waals surface area contributed by atoms with Gasteiger partial charge in [0.05, 0.1) is 5.41 Å². The number of carboxylic acids is 1. The van der Waals surface area contributed by atoms with Gasteiger partial charge in [-0.2, -0.15) is 0 Å². The predicted molar refractivity (Wildman–Crippen MR) is 52.6 cm³/mol. The fourth-order valence-corrected chi connectivity index (χ4v) is 2.18. The summed E-state index contributed by atoms with van der Waals surface area (Å²) in [5, 5.41) is 9.13. The van der Waals surface area contributed by atoms with Gasteiger partial charge in [0.2, 0.25) is 0 Å². The van der Waals surface area contributed by atoms with Crippen LogP contribution in [-0.4, -0.2) is 11.1 Å². The monoisotopic (exact) mass is 184 g/mol. The predicted octanol–water partition coefficient (Wildman–Crippen LogP) is 3.07. The highest BCUT2D eigenvalue weighted by atomic mass is 16.4. The van der Waals surface area contributed by atoms with Gasteiger partial charge in [0.25, 0.3) is 0 Å². The van der Waals surface area contributed by atoms with Crippen molar-refractivity contribution in [3.63, 3.8) is 0 Å². The lowest BCUT2D eigenvalue weighted by Gasteiger charge is -2.34. The zero-order chi connectivity index (χ0) is 9.90. The fourth-order valence-electron chi connectivity index (χ4n) is 2.18. The number of rotatable bonds is 5. The summed E-state index contributed by atoms with van der Waals surface area (Å²) in [6.07, 6.45) is 6.45.